The third-order valence-corrected chi connectivity index (χ3v) is 4.71. The molecule has 0 amide bonds. The van der Waals surface area contributed by atoms with Crippen LogP contribution in [0.5, 0.6) is 0 Å². The zero-order chi connectivity index (χ0) is 13.3. The molecule has 1 aromatic carbocycles. The zero-order valence-corrected chi connectivity index (χ0v) is 11.7. The molecule has 0 radical (unpaired) electrons. The van der Waals surface area contributed by atoms with Gasteiger partial charge in [-0.1, -0.05) is 0 Å². The first-order chi connectivity index (χ1) is 9.17. The Morgan fingerprint density at radius 1 is 1.05 bits per heavy atom. The minimum atomic E-state index is 0.386. The minimum absolute atomic E-state index is 0.386. The number of likely N-dealkylation sites (tertiary alicyclic amines) is 1. The minimum Gasteiger partial charge on any atom is -0.399 e. The topological polar surface area (TPSA) is 44.5 Å². The monoisotopic (exact) mass is 260 g/mol. The van der Waals surface area contributed by atoms with Crippen molar-refractivity contribution in [1.29, 1.82) is 0 Å². The molecule has 3 rings (SSSR count). The van der Waals surface area contributed by atoms with Crippen LogP contribution < -0.4 is 16.0 Å². The SMILES string of the molecule is CN1CCC2(CC1)CCN(c1ccc(N)cc1)CN2. The molecule has 2 fully saturated rings. The van der Waals surface area contributed by atoms with Gasteiger partial charge in [0, 0.05) is 23.5 Å². The largest absolute Gasteiger partial charge is 0.399 e. The predicted molar refractivity (Wildman–Crippen MR) is 80.3 cm³/mol. The summed E-state index contributed by atoms with van der Waals surface area (Å²) in [6.45, 7) is 4.53. The molecule has 0 saturated carbocycles. The van der Waals surface area contributed by atoms with E-state index in [-0.39, 0.29) is 0 Å². The van der Waals surface area contributed by atoms with Crippen molar-refractivity contribution in [1.82, 2.24) is 10.2 Å². The van der Waals surface area contributed by atoms with Crippen molar-refractivity contribution in [2.45, 2.75) is 24.8 Å². The molecule has 2 heterocycles. The van der Waals surface area contributed by atoms with Crippen molar-refractivity contribution >= 4 is 11.4 Å². The van der Waals surface area contributed by atoms with Gasteiger partial charge in [0.05, 0.1) is 6.67 Å². The fourth-order valence-corrected chi connectivity index (χ4v) is 3.16. The Morgan fingerprint density at radius 2 is 1.68 bits per heavy atom. The van der Waals surface area contributed by atoms with Crippen LogP contribution in [0.25, 0.3) is 0 Å². The molecule has 2 aliphatic heterocycles. The Bertz CT molecular complexity index is 410. The Kier molecular flexibility index (Phi) is 3.37. The van der Waals surface area contributed by atoms with Gasteiger partial charge in [0.1, 0.15) is 0 Å². The zero-order valence-electron chi connectivity index (χ0n) is 11.7. The highest BCUT2D eigenvalue weighted by atomic mass is 15.3. The van der Waals surface area contributed by atoms with Crippen LogP contribution in [-0.4, -0.2) is 43.8 Å². The number of piperidine rings is 1. The maximum atomic E-state index is 5.74. The molecule has 1 aromatic rings. The molecule has 0 bridgehead atoms. The molecule has 19 heavy (non-hydrogen) atoms. The van der Waals surface area contributed by atoms with Crippen LogP contribution >= 0.6 is 0 Å². The summed E-state index contributed by atoms with van der Waals surface area (Å²) in [4.78, 5) is 4.84. The van der Waals surface area contributed by atoms with Crippen molar-refractivity contribution in [2.24, 2.45) is 0 Å². The summed E-state index contributed by atoms with van der Waals surface area (Å²) >= 11 is 0. The van der Waals surface area contributed by atoms with Crippen molar-refractivity contribution in [3.63, 3.8) is 0 Å². The normalized spacial score (nSPS) is 23.7. The molecule has 0 unspecified atom stereocenters. The molecule has 2 aliphatic rings. The van der Waals surface area contributed by atoms with Gasteiger partial charge in [-0.05, 0) is 63.7 Å². The van der Waals surface area contributed by atoms with E-state index in [1.165, 1.54) is 38.0 Å². The van der Waals surface area contributed by atoms with E-state index in [1.807, 2.05) is 12.1 Å². The van der Waals surface area contributed by atoms with E-state index in [2.05, 4.69) is 34.3 Å². The third-order valence-electron chi connectivity index (χ3n) is 4.71. The van der Waals surface area contributed by atoms with E-state index in [9.17, 15) is 0 Å². The highest BCUT2D eigenvalue weighted by molar-refractivity contribution is 5.53. The molecule has 0 aliphatic carbocycles. The highest BCUT2D eigenvalue weighted by Gasteiger charge is 2.36. The van der Waals surface area contributed by atoms with E-state index in [0.717, 1.165) is 18.9 Å². The second-order valence-electron chi connectivity index (χ2n) is 6.02. The smallest absolute Gasteiger partial charge is 0.0686 e. The van der Waals surface area contributed by atoms with Gasteiger partial charge in [0.2, 0.25) is 0 Å². The van der Waals surface area contributed by atoms with Crippen molar-refractivity contribution in [3.8, 4) is 0 Å². The number of rotatable bonds is 1. The van der Waals surface area contributed by atoms with Gasteiger partial charge in [-0.3, -0.25) is 5.32 Å². The van der Waals surface area contributed by atoms with Gasteiger partial charge >= 0.3 is 0 Å². The molecule has 1 spiro atoms. The van der Waals surface area contributed by atoms with E-state index in [0.29, 0.717) is 5.54 Å². The second kappa shape index (κ2) is 5.02. The number of nitrogens with one attached hydrogen (secondary N) is 1. The van der Waals surface area contributed by atoms with Crippen molar-refractivity contribution in [3.05, 3.63) is 24.3 Å². The lowest BCUT2D eigenvalue weighted by Crippen LogP contribution is -2.60. The number of nitrogens with zero attached hydrogens (tertiary/aromatic N) is 2. The van der Waals surface area contributed by atoms with E-state index >= 15 is 0 Å². The summed E-state index contributed by atoms with van der Waals surface area (Å²) in [5.74, 6) is 0. The van der Waals surface area contributed by atoms with Gasteiger partial charge in [-0.15, -0.1) is 0 Å². The summed E-state index contributed by atoms with van der Waals surface area (Å²) in [6, 6.07) is 8.19. The van der Waals surface area contributed by atoms with E-state index in [1.54, 1.807) is 0 Å². The van der Waals surface area contributed by atoms with E-state index < -0.39 is 0 Å². The van der Waals surface area contributed by atoms with Crippen LogP contribution in [0.3, 0.4) is 0 Å². The van der Waals surface area contributed by atoms with Crippen molar-refractivity contribution < 1.29 is 0 Å². The fourth-order valence-electron chi connectivity index (χ4n) is 3.16. The summed E-state index contributed by atoms with van der Waals surface area (Å²) in [5, 5.41) is 3.79. The molecule has 4 heteroatoms. The standard InChI is InChI=1S/C15H24N4/c1-18-9-6-15(7-10-18)8-11-19(12-17-15)14-4-2-13(16)3-5-14/h2-5,17H,6-12,16H2,1H3. The second-order valence-corrected chi connectivity index (χ2v) is 6.02. The van der Waals surface area contributed by atoms with Crippen LogP contribution in [0.2, 0.25) is 0 Å². The van der Waals surface area contributed by atoms with Gasteiger partial charge in [0.15, 0.2) is 0 Å². The Balaban J connectivity index is 1.61. The lowest BCUT2D eigenvalue weighted by Gasteiger charge is -2.47. The number of nitrogens with two attached hydrogens (primary N) is 1. The Morgan fingerprint density at radius 3 is 2.26 bits per heavy atom. The van der Waals surface area contributed by atoms with Crippen LogP contribution in [0.15, 0.2) is 24.3 Å². The number of hydrogen-bond donors (Lipinski definition) is 2. The molecular formula is C15H24N4. The van der Waals surface area contributed by atoms with E-state index in [4.69, 9.17) is 5.73 Å². The molecule has 0 aromatic heterocycles. The Labute approximate surface area is 115 Å². The predicted octanol–water partition coefficient (Wildman–Crippen LogP) is 1.49. The average molecular weight is 260 g/mol. The maximum Gasteiger partial charge on any atom is 0.0686 e. The maximum absolute atomic E-state index is 5.74. The van der Waals surface area contributed by atoms with Crippen LogP contribution in [0.4, 0.5) is 11.4 Å². The number of anilines is 2. The highest BCUT2D eigenvalue weighted by Crippen LogP contribution is 2.29. The molecule has 4 nitrogen and oxygen atoms in total. The summed E-state index contributed by atoms with van der Waals surface area (Å²) in [7, 11) is 2.22. The third kappa shape index (κ3) is 2.69. The summed E-state index contributed by atoms with van der Waals surface area (Å²) in [5.41, 5.74) is 8.23. The quantitative estimate of drug-likeness (QED) is 0.751. The van der Waals surface area contributed by atoms with Gasteiger partial charge in [0.25, 0.3) is 0 Å². The van der Waals surface area contributed by atoms with Gasteiger partial charge in [-0.25, -0.2) is 0 Å². The fraction of sp³-hybridized carbons (Fsp3) is 0.600. The number of benzene rings is 1. The first-order valence-electron chi connectivity index (χ1n) is 7.21. The molecule has 3 N–H and O–H groups in total. The summed E-state index contributed by atoms with van der Waals surface area (Å²) < 4.78 is 0. The molecule has 0 atom stereocenters. The van der Waals surface area contributed by atoms with Crippen LogP contribution in [-0.2, 0) is 0 Å². The first kappa shape index (κ1) is 12.8. The number of hydrogen-bond acceptors (Lipinski definition) is 4. The van der Waals surface area contributed by atoms with Crippen LogP contribution in [0.1, 0.15) is 19.3 Å². The lowest BCUT2D eigenvalue weighted by atomic mass is 9.83. The summed E-state index contributed by atoms with van der Waals surface area (Å²) in [6.07, 6.45) is 3.80. The average Bonchev–Trinajstić information content (AvgIpc) is 2.44. The lowest BCUT2D eigenvalue weighted by molar-refractivity contribution is 0.136. The van der Waals surface area contributed by atoms with Crippen molar-refractivity contribution in [2.75, 3.05) is 44.0 Å². The molecular weight excluding hydrogens is 236 g/mol. The Hall–Kier alpha value is -1.26. The van der Waals surface area contributed by atoms with Gasteiger partial charge < -0.3 is 15.5 Å². The van der Waals surface area contributed by atoms with Crippen LogP contribution in [0, 0.1) is 0 Å². The molecule has 104 valence electrons. The first-order valence-corrected chi connectivity index (χ1v) is 7.21. The number of nitrogen functional groups attached to an aromatic ring is 1. The molecule has 2 saturated heterocycles. The van der Waals surface area contributed by atoms with Gasteiger partial charge in [-0.2, -0.15) is 0 Å².